The van der Waals surface area contributed by atoms with E-state index < -0.39 is 9.84 Å². The van der Waals surface area contributed by atoms with Crippen molar-refractivity contribution in [1.29, 1.82) is 0 Å². The van der Waals surface area contributed by atoms with Gasteiger partial charge in [-0.3, -0.25) is 4.90 Å². The van der Waals surface area contributed by atoms with E-state index in [0.29, 0.717) is 17.7 Å². The summed E-state index contributed by atoms with van der Waals surface area (Å²) >= 11 is 1.67. The minimum absolute atomic E-state index is 0.0357. The second-order valence-corrected chi connectivity index (χ2v) is 10.4. The molecule has 7 nitrogen and oxygen atoms in total. The Balaban J connectivity index is 1.27. The van der Waals surface area contributed by atoms with Gasteiger partial charge in [0.2, 0.25) is 5.95 Å². The SMILES string of the molecule is CC(c1ccc2scnc2c1)N1CCN(c2ncc3c(n2)CS(=O)(=O)C3)CC1. The number of nitrogens with zero attached hydrogens (tertiary/aromatic N) is 5. The third-order valence-electron chi connectivity index (χ3n) is 5.66. The summed E-state index contributed by atoms with van der Waals surface area (Å²) in [5, 5.41) is 0. The molecule has 9 heteroatoms. The van der Waals surface area contributed by atoms with Gasteiger partial charge < -0.3 is 4.90 Å². The average Bonchev–Trinajstić information content (AvgIpc) is 3.28. The van der Waals surface area contributed by atoms with Crippen molar-refractivity contribution < 1.29 is 8.42 Å². The van der Waals surface area contributed by atoms with Crippen molar-refractivity contribution in [2.45, 2.75) is 24.5 Å². The Morgan fingerprint density at radius 3 is 2.75 bits per heavy atom. The minimum Gasteiger partial charge on any atom is -0.338 e. The molecule has 0 amide bonds. The molecule has 2 aromatic heterocycles. The Hall–Kier alpha value is -2.10. The van der Waals surface area contributed by atoms with Crippen LogP contribution in [0.2, 0.25) is 0 Å². The monoisotopic (exact) mass is 415 g/mol. The highest BCUT2D eigenvalue weighted by molar-refractivity contribution is 7.90. The van der Waals surface area contributed by atoms with Gasteiger partial charge in [-0.2, -0.15) is 0 Å². The van der Waals surface area contributed by atoms with Gasteiger partial charge in [-0.15, -0.1) is 11.3 Å². The first kappa shape index (κ1) is 18.0. The van der Waals surface area contributed by atoms with Crippen LogP contribution < -0.4 is 4.90 Å². The molecular formula is C19H21N5O2S2. The summed E-state index contributed by atoms with van der Waals surface area (Å²) in [6.07, 6.45) is 1.68. The molecule has 0 saturated carbocycles. The number of benzene rings is 1. The van der Waals surface area contributed by atoms with Crippen molar-refractivity contribution in [1.82, 2.24) is 19.9 Å². The molecule has 3 aromatic rings. The molecular weight excluding hydrogens is 394 g/mol. The Morgan fingerprint density at radius 1 is 1.11 bits per heavy atom. The molecule has 2 aliphatic heterocycles. The second-order valence-electron chi connectivity index (χ2n) is 7.45. The lowest BCUT2D eigenvalue weighted by Crippen LogP contribution is -2.47. The molecule has 1 fully saturated rings. The fourth-order valence-corrected chi connectivity index (χ4v) is 6.12. The topological polar surface area (TPSA) is 79.3 Å². The van der Waals surface area contributed by atoms with Crippen LogP contribution >= 0.6 is 11.3 Å². The Bertz CT molecular complexity index is 1140. The quantitative estimate of drug-likeness (QED) is 0.650. The zero-order valence-electron chi connectivity index (χ0n) is 15.6. The first-order chi connectivity index (χ1) is 13.5. The highest BCUT2D eigenvalue weighted by Crippen LogP contribution is 2.28. The number of piperazine rings is 1. The summed E-state index contributed by atoms with van der Waals surface area (Å²) < 4.78 is 24.8. The molecule has 5 rings (SSSR count). The van der Waals surface area contributed by atoms with Crippen molar-refractivity contribution in [3.05, 3.63) is 46.7 Å². The van der Waals surface area contributed by atoms with Crippen LogP contribution in [-0.2, 0) is 21.3 Å². The van der Waals surface area contributed by atoms with Crippen LogP contribution in [0.4, 0.5) is 5.95 Å². The van der Waals surface area contributed by atoms with Crippen LogP contribution in [0.1, 0.15) is 29.8 Å². The standard InChI is InChI=1S/C19H21N5O2S2/c1-13(14-2-3-18-16(8-14)21-12-27-18)23-4-6-24(7-5-23)19-20-9-15-10-28(25,26)11-17(15)22-19/h2-3,8-9,12-13H,4-7,10-11H2,1H3. The van der Waals surface area contributed by atoms with E-state index in [0.717, 1.165) is 37.3 Å². The van der Waals surface area contributed by atoms with E-state index >= 15 is 0 Å². The molecule has 0 spiro atoms. The number of hydrogen-bond acceptors (Lipinski definition) is 8. The lowest BCUT2D eigenvalue weighted by Gasteiger charge is -2.38. The normalized spacial score (nSPS) is 20.4. The molecule has 146 valence electrons. The lowest BCUT2D eigenvalue weighted by atomic mass is 10.1. The van der Waals surface area contributed by atoms with Gasteiger partial charge in [-0.05, 0) is 24.6 Å². The molecule has 0 bridgehead atoms. The highest BCUT2D eigenvalue weighted by atomic mass is 32.2. The van der Waals surface area contributed by atoms with E-state index in [2.05, 4.69) is 49.9 Å². The van der Waals surface area contributed by atoms with Crippen molar-refractivity contribution >= 4 is 37.3 Å². The molecule has 0 N–H and O–H groups in total. The summed E-state index contributed by atoms with van der Waals surface area (Å²) in [6, 6.07) is 6.86. The number of hydrogen-bond donors (Lipinski definition) is 0. The van der Waals surface area contributed by atoms with Crippen LogP contribution in [0, 0.1) is 0 Å². The van der Waals surface area contributed by atoms with Crippen LogP contribution in [-0.4, -0.2) is 54.4 Å². The van der Waals surface area contributed by atoms with E-state index in [9.17, 15) is 8.42 Å². The van der Waals surface area contributed by atoms with Crippen LogP contribution in [0.3, 0.4) is 0 Å². The molecule has 28 heavy (non-hydrogen) atoms. The number of fused-ring (bicyclic) bond motifs is 2. The van der Waals surface area contributed by atoms with E-state index in [1.54, 1.807) is 17.5 Å². The Kier molecular flexibility index (Phi) is 4.33. The smallest absolute Gasteiger partial charge is 0.225 e. The van der Waals surface area contributed by atoms with Gasteiger partial charge in [0.05, 0.1) is 32.9 Å². The average molecular weight is 416 g/mol. The maximum Gasteiger partial charge on any atom is 0.225 e. The predicted octanol–water partition coefficient (Wildman–Crippen LogP) is 2.40. The fourth-order valence-electron chi connectivity index (χ4n) is 3.98. The van der Waals surface area contributed by atoms with E-state index in [4.69, 9.17) is 0 Å². The van der Waals surface area contributed by atoms with Gasteiger partial charge >= 0.3 is 0 Å². The minimum atomic E-state index is -3.05. The largest absolute Gasteiger partial charge is 0.338 e. The molecule has 1 unspecified atom stereocenters. The van der Waals surface area contributed by atoms with Crippen LogP contribution in [0.15, 0.2) is 29.9 Å². The van der Waals surface area contributed by atoms with Crippen molar-refractivity contribution in [2.75, 3.05) is 31.1 Å². The number of aromatic nitrogens is 3. The molecule has 2 aliphatic rings. The van der Waals surface area contributed by atoms with E-state index in [1.807, 2.05) is 5.51 Å². The van der Waals surface area contributed by atoms with Crippen molar-refractivity contribution in [2.24, 2.45) is 0 Å². The Labute approximate surface area is 168 Å². The van der Waals surface area contributed by atoms with Gasteiger partial charge in [-0.1, -0.05) is 6.07 Å². The molecule has 1 aromatic carbocycles. The zero-order chi connectivity index (χ0) is 19.3. The predicted molar refractivity (Wildman–Crippen MR) is 110 cm³/mol. The maximum absolute atomic E-state index is 11.8. The maximum atomic E-state index is 11.8. The van der Waals surface area contributed by atoms with E-state index in [-0.39, 0.29) is 11.5 Å². The number of sulfone groups is 1. The third kappa shape index (κ3) is 3.27. The summed E-state index contributed by atoms with van der Waals surface area (Å²) in [7, 11) is -3.05. The van der Waals surface area contributed by atoms with E-state index in [1.165, 1.54) is 10.3 Å². The van der Waals surface area contributed by atoms with Gasteiger partial charge in [0.25, 0.3) is 0 Å². The highest BCUT2D eigenvalue weighted by Gasteiger charge is 2.29. The van der Waals surface area contributed by atoms with Gasteiger partial charge in [0.15, 0.2) is 9.84 Å². The van der Waals surface area contributed by atoms with Crippen LogP contribution in [0.25, 0.3) is 10.2 Å². The number of thiazole rings is 1. The summed E-state index contributed by atoms with van der Waals surface area (Å²) in [5.41, 5.74) is 5.64. The van der Waals surface area contributed by atoms with Crippen molar-refractivity contribution in [3.63, 3.8) is 0 Å². The molecule has 4 heterocycles. The Morgan fingerprint density at radius 2 is 1.93 bits per heavy atom. The van der Waals surface area contributed by atoms with Gasteiger partial charge in [0.1, 0.15) is 0 Å². The summed E-state index contributed by atoms with van der Waals surface area (Å²) in [5.74, 6) is 0.748. The number of anilines is 1. The molecule has 1 saturated heterocycles. The number of rotatable bonds is 3. The molecule has 0 aliphatic carbocycles. The van der Waals surface area contributed by atoms with Crippen molar-refractivity contribution in [3.8, 4) is 0 Å². The molecule has 1 atom stereocenters. The summed E-state index contributed by atoms with van der Waals surface area (Å²) in [6.45, 7) is 5.72. The van der Waals surface area contributed by atoms with Crippen LogP contribution in [0.5, 0.6) is 0 Å². The molecule has 0 radical (unpaired) electrons. The second kappa shape index (κ2) is 6.75. The zero-order valence-corrected chi connectivity index (χ0v) is 17.2. The first-order valence-corrected chi connectivity index (χ1v) is 12.1. The third-order valence-corrected chi connectivity index (χ3v) is 7.93. The fraction of sp³-hybridized carbons (Fsp3) is 0.421. The van der Waals surface area contributed by atoms with Gasteiger partial charge in [-0.25, -0.2) is 23.4 Å². The van der Waals surface area contributed by atoms with Gasteiger partial charge in [0, 0.05) is 44.0 Å². The first-order valence-electron chi connectivity index (χ1n) is 9.36. The summed E-state index contributed by atoms with van der Waals surface area (Å²) in [4.78, 5) is 18.0. The lowest BCUT2D eigenvalue weighted by molar-refractivity contribution is 0.198.